The maximum Gasteiger partial charge on any atom is 0.233 e. The van der Waals surface area contributed by atoms with Gasteiger partial charge < -0.3 is 15.4 Å². The van der Waals surface area contributed by atoms with Gasteiger partial charge in [-0.05, 0) is 44.3 Å². The predicted octanol–water partition coefficient (Wildman–Crippen LogP) is 3.81. The molecule has 0 saturated carbocycles. The van der Waals surface area contributed by atoms with Crippen LogP contribution < -0.4 is 5.73 Å². The van der Waals surface area contributed by atoms with Crippen molar-refractivity contribution in [3.63, 3.8) is 0 Å². The number of rotatable bonds is 9. The Balaban J connectivity index is 2.70. The van der Waals surface area contributed by atoms with Gasteiger partial charge in [0.15, 0.2) is 0 Å². The van der Waals surface area contributed by atoms with Gasteiger partial charge in [0.25, 0.3) is 0 Å². The van der Waals surface area contributed by atoms with Crippen LogP contribution in [-0.4, -0.2) is 68.4 Å². The molecule has 1 fully saturated rings. The fourth-order valence-corrected chi connectivity index (χ4v) is 4.82. The maximum absolute atomic E-state index is 12.7. The lowest BCUT2D eigenvalue weighted by Gasteiger charge is -2.29. The second-order valence-electron chi connectivity index (χ2n) is 8.81. The Hall–Kier alpha value is -2.39. The van der Waals surface area contributed by atoms with Gasteiger partial charge in [-0.1, -0.05) is 39.0 Å². The molecule has 0 aromatic heterocycles. The summed E-state index contributed by atoms with van der Waals surface area (Å²) in [6, 6.07) is 0. The average molecular weight is 492 g/mol. The van der Waals surface area contributed by atoms with E-state index in [1.54, 1.807) is 12.3 Å². The molecule has 2 rings (SSSR count). The van der Waals surface area contributed by atoms with E-state index >= 15 is 0 Å². The molecular formula is C25H41N5O3S. The summed E-state index contributed by atoms with van der Waals surface area (Å²) >= 11 is 0. The fourth-order valence-electron chi connectivity index (χ4n) is 3.93. The lowest BCUT2D eigenvalue weighted by molar-refractivity contribution is 0.0677. The molecule has 1 saturated heterocycles. The third-order valence-electron chi connectivity index (χ3n) is 6.45. The number of ether oxygens (including phenoxy) is 1. The van der Waals surface area contributed by atoms with Gasteiger partial charge in [0.2, 0.25) is 10.0 Å². The number of sulfonamides is 1. The first-order valence-electron chi connectivity index (χ1n) is 12.0. The molecule has 0 amide bonds. The van der Waals surface area contributed by atoms with Gasteiger partial charge in [-0.15, -0.1) is 0 Å². The number of morpholine rings is 1. The van der Waals surface area contributed by atoms with Crippen LogP contribution in [0.4, 0.5) is 0 Å². The van der Waals surface area contributed by atoms with Crippen molar-refractivity contribution in [1.82, 2.24) is 9.21 Å². The molecule has 1 atom stereocenters. The van der Waals surface area contributed by atoms with Crippen LogP contribution in [0, 0.1) is 5.92 Å². The fraction of sp³-hybridized carbons (Fsp3) is 0.600. The first-order chi connectivity index (χ1) is 16.0. The minimum atomic E-state index is -3.49. The Morgan fingerprint density at radius 2 is 1.88 bits per heavy atom. The average Bonchev–Trinajstić information content (AvgIpc) is 3.24. The normalized spacial score (nSPS) is 20.6. The molecule has 190 valence electrons. The number of hydrogen-bond acceptors (Lipinski definition) is 5. The van der Waals surface area contributed by atoms with E-state index in [2.05, 4.69) is 37.2 Å². The number of nitrogens with two attached hydrogens (primary N) is 1. The quantitative estimate of drug-likeness (QED) is 0.300. The first kappa shape index (κ1) is 27.9. The van der Waals surface area contributed by atoms with Gasteiger partial charge >= 0.3 is 0 Å². The summed E-state index contributed by atoms with van der Waals surface area (Å²) in [4.78, 5) is 11.5. The van der Waals surface area contributed by atoms with Crippen molar-refractivity contribution in [3.05, 3.63) is 47.0 Å². The Morgan fingerprint density at radius 3 is 2.41 bits per heavy atom. The van der Waals surface area contributed by atoms with Crippen LogP contribution in [-0.2, 0) is 14.8 Å². The van der Waals surface area contributed by atoms with Crippen LogP contribution in [0.15, 0.2) is 57.0 Å². The monoisotopic (exact) mass is 491 g/mol. The SMILES string of the molecule is C=C/C(=C\N=C(N)C(C)CC)C(=C(C)CC)C1=C(N=C(C)N2CCOCC2)N(S(C)(=O)=O)CC1. The van der Waals surface area contributed by atoms with Crippen LogP contribution in [0.2, 0.25) is 0 Å². The highest BCUT2D eigenvalue weighted by Crippen LogP contribution is 2.37. The molecule has 0 radical (unpaired) electrons. The molecule has 0 aliphatic carbocycles. The molecule has 2 heterocycles. The van der Waals surface area contributed by atoms with Gasteiger partial charge in [-0.25, -0.2) is 18.4 Å². The highest BCUT2D eigenvalue weighted by molar-refractivity contribution is 7.88. The van der Waals surface area contributed by atoms with Crippen molar-refractivity contribution in [1.29, 1.82) is 0 Å². The standard InChI is InChI=1S/C25H41N5O3S/c1-8-18(4)23(21(10-3)17-27-24(26)19(5)9-2)22-11-12-30(34(7,31)32)25(22)28-20(6)29-13-15-33-16-14-29/h10,17,19H,3,8-9,11-16H2,1-2,4-7H3,(H2,26,27)/b21-17+,23-18?,28-20?. The second-order valence-corrected chi connectivity index (χ2v) is 10.7. The molecule has 2 N–H and O–H groups in total. The van der Waals surface area contributed by atoms with Crippen LogP contribution in [0.25, 0.3) is 0 Å². The lowest BCUT2D eigenvalue weighted by atomic mass is 9.91. The smallest absolute Gasteiger partial charge is 0.233 e. The summed E-state index contributed by atoms with van der Waals surface area (Å²) in [5.41, 5.74) is 9.93. The Kier molecular flexibility index (Phi) is 10.1. The van der Waals surface area contributed by atoms with Gasteiger partial charge in [0.05, 0.1) is 19.5 Å². The van der Waals surface area contributed by atoms with Crippen molar-refractivity contribution in [3.8, 4) is 0 Å². The van der Waals surface area contributed by atoms with Gasteiger partial charge in [0.1, 0.15) is 17.5 Å². The summed E-state index contributed by atoms with van der Waals surface area (Å²) in [7, 11) is -3.49. The van der Waals surface area contributed by atoms with Crippen molar-refractivity contribution >= 4 is 21.7 Å². The predicted molar refractivity (Wildman–Crippen MR) is 141 cm³/mol. The molecule has 0 spiro atoms. The molecule has 0 aromatic carbocycles. The van der Waals surface area contributed by atoms with E-state index < -0.39 is 10.0 Å². The molecule has 0 bridgehead atoms. The van der Waals surface area contributed by atoms with Gasteiger partial charge in [-0.2, -0.15) is 0 Å². The first-order valence-corrected chi connectivity index (χ1v) is 13.8. The summed E-state index contributed by atoms with van der Waals surface area (Å²) < 4.78 is 32.2. The minimum absolute atomic E-state index is 0.171. The molecule has 34 heavy (non-hydrogen) atoms. The van der Waals surface area contributed by atoms with Crippen molar-refractivity contribution in [2.24, 2.45) is 21.6 Å². The third kappa shape index (κ3) is 6.82. The third-order valence-corrected chi connectivity index (χ3v) is 7.60. The Bertz CT molecular complexity index is 1020. The zero-order valence-corrected chi connectivity index (χ0v) is 22.4. The zero-order valence-electron chi connectivity index (χ0n) is 21.6. The van der Waals surface area contributed by atoms with Crippen LogP contribution in [0.1, 0.15) is 53.9 Å². The summed E-state index contributed by atoms with van der Waals surface area (Å²) in [5.74, 6) is 1.99. The van der Waals surface area contributed by atoms with Gasteiger partial charge in [-0.3, -0.25) is 4.31 Å². The largest absolute Gasteiger partial charge is 0.387 e. The molecule has 8 nitrogen and oxygen atoms in total. The molecule has 1 unspecified atom stereocenters. The lowest BCUT2D eigenvalue weighted by Crippen LogP contribution is -2.40. The maximum atomic E-state index is 12.7. The van der Waals surface area contributed by atoms with Crippen molar-refractivity contribution < 1.29 is 13.2 Å². The number of allylic oxidation sites excluding steroid dienone is 4. The van der Waals surface area contributed by atoms with E-state index in [0.717, 1.165) is 54.1 Å². The number of nitrogens with zero attached hydrogens (tertiary/aromatic N) is 4. The number of aliphatic imine (C=N–C) groups is 2. The van der Waals surface area contributed by atoms with Crippen LogP contribution in [0.5, 0.6) is 0 Å². The van der Waals surface area contributed by atoms with E-state index in [-0.39, 0.29) is 5.92 Å². The van der Waals surface area contributed by atoms with Crippen LogP contribution in [0.3, 0.4) is 0 Å². The van der Waals surface area contributed by atoms with E-state index in [1.807, 2.05) is 13.8 Å². The van der Waals surface area contributed by atoms with Crippen LogP contribution >= 0.6 is 0 Å². The van der Waals surface area contributed by atoms with Gasteiger partial charge in [0, 0.05) is 37.3 Å². The van der Waals surface area contributed by atoms with Crippen molar-refractivity contribution in [2.75, 3.05) is 39.1 Å². The number of amidine groups is 2. The summed E-state index contributed by atoms with van der Waals surface area (Å²) in [5, 5.41) is 0. The topological polar surface area (TPSA) is 101 Å². The number of hydrogen-bond donors (Lipinski definition) is 1. The minimum Gasteiger partial charge on any atom is -0.387 e. The second kappa shape index (κ2) is 12.4. The van der Waals surface area contributed by atoms with E-state index in [0.29, 0.717) is 37.8 Å². The summed E-state index contributed by atoms with van der Waals surface area (Å²) in [6.07, 6.45) is 6.99. The summed E-state index contributed by atoms with van der Waals surface area (Å²) in [6.45, 7) is 17.3. The Morgan fingerprint density at radius 1 is 1.24 bits per heavy atom. The molecule has 2 aliphatic heterocycles. The Labute approximate surface area is 205 Å². The molecular weight excluding hydrogens is 450 g/mol. The highest BCUT2D eigenvalue weighted by Gasteiger charge is 2.32. The zero-order chi connectivity index (χ0) is 25.5. The van der Waals surface area contributed by atoms with E-state index in [4.69, 9.17) is 15.5 Å². The molecule has 0 aromatic rings. The molecule has 2 aliphatic rings. The van der Waals surface area contributed by atoms with Crippen molar-refractivity contribution in [2.45, 2.75) is 53.9 Å². The molecule has 9 heteroatoms. The van der Waals surface area contributed by atoms with E-state index in [9.17, 15) is 8.42 Å². The van der Waals surface area contributed by atoms with E-state index in [1.165, 1.54) is 10.6 Å². The highest BCUT2D eigenvalue weighted by atomic mass is 32.2.